The van der Waals surface area contributed by atoms with Crippen molar-refractivity contribution in [1.29, 1.82) is 0 Å². The van der Waals surface area contributed by atoms with E-state index in [1.54, 1.807) is 13.0 Å². The standard InChI is InChI=1S/C24H28F3N3/c1-16-12-21(24(25,26)27)4-5-23(16)20-8-10-29(15-20)18(3)19-7-11-30(14-19)22-6-9-28-17(2)13-22/h4-6,9,12-13,19-20H,3,7-8,10-11,14-15H2,1-2H3. The van der Waals surface area contributed by atoms with Crippen LogP contribution >= 0.6 is 0 Å². The van der Waals surface area contributed by atoms with Gasteiger partial charge in [0.05, 0.1) is 5.56 Å². The summed E-state index contributed by atoms with van der Waals surface area (Å²) in [6, 6.07) is 8.32. The zero-order valence-electron chi connectivity index (χ0n) is 17.5. The number of alkyl halides is 3. The number of hydrogen-bond acceptors (Lipinski definition) is 3. The Bertz CT molecular complexity index is 938. The molecule has 1 aromatic carbocycles. The van der Waals surface area contributed by atoms with E-state index in [-0.39, 0.29) is 5.92 Å². The predicted octanol–water partition coefficient (Wildman–Crippen LogP) is 5.55. The number of aryl methyl sites for hydroxylation is 2. The van der Waals surface area contributed by atoms with E-state index in [1.165, 1.54) is 17.8 Å². The molecule has 2 aliphatic heterocycles. The van der Waals surface area contributed by atoms with E-state index in [0.29, 0.717) is 5.92 Å². The van der Waals surface area contributed by atoms with E-state index in [0.717, 1.165) is 61.5 Å². The smallest absolute Gasteiger partial charge is 0.374 e. The van der Waals surface area contributed by atoms with Gasteiger partial charge in [0.25, 0.3) is 0 Å². The van der Waals surface area contributed by atoms with Crippen molar-refractivity contribution < 1.29 is 13.2 Å². The van der Waals surface area contributed by atoms with Crippen molar-refractivity contribution in [2.45, 2.75) is 38.8 Å². The van der Waals surface area contributed by atoms with E-state index >= 15 is 0 Å². The SMILES string of the molecule is C=C(C1CCN(c2ccnc(C)c2)C1)N1CCC(c2ccc(C(F)(F)F)cc2C)C1. The average Bonchev–Trinajstić information content (AvgIpc) is 3.37. The van der Waals surface area contributed by atoms with Crippen LogP contribution in [0.3, 0.4) is 0 Å². The van der Waals surface area contributed by atoms with Gasteiger partial charge in [-0.15, -0.1) is 0 Å². The lowest BCUT2D eigenvalue weighted by Gasteiger charge is -2.27. The highest BCUT2D eigenvalue weighted by molar-refractivity contribution is 5.48. The van der Waals surface area contributed by atoms with Crippen molar-refractivity contribution in [2.75, 3.05) is 31.1 Å². The normalized spacial score (nSPS) is 22.0. The minimum Gasteiger partial charge on any atom is -0.374 e. The molecule has 0 aliphatic carbocycles. The molecule has 2 fully saturated rings. The molecule has 160 valence electrons. The van der Waals surface area contributed by atoms with Crippen LogP contribution in [0.5, 0.6) is 0 Å². The first-order chi connectivity index (χ1) is 14.2. The van der Waals surface area contributed by atoms with Crippen LogP contribution in [0.4, 0.5) is 18.9 Å². The van der Waals surface area contributed by atoms with Crippen molar-refractivity contribution >= 4 is 5.69 Å². The van der Waals surface area contributed by atoms with Crippen LogP contribution in [0.2, 0.25) is 0 Å². The minimum atomic E-state index is -4.29. The van der Waals surface area contributed by atoms with E-state index in [2.05, 4.69) is 33.5 Å². The molecular weight excluding hydrogens is 387 g/mol. The number of benzene rings is 1. The van der Waals surface area contributed by atoms with Crippen LogP contribution in [0.15, 0.2) is 48.8 Å². The van der Waals surface area contributed by atoms with Crippen LogP contribution in [0, 0.1) is 19.8 Å². The lowest BCUT2D eigenvalue weighted by Crippen LogP contribution is -2.27. The summed E-state index contributed by atoms with van der Waals surface area (Å²) in [6.45, 7) is 11.9. The third kappa shape index (κ3) is 4.18. The van der Waals surface area contributed by atoms with Crippen molar-refractivity contribution in [3.63, 3.8) is 0 Å². The van der Waals surface area contributed by atoms with E-state index in [9.17, 15) is 13.2 Å². The molecule has 3 heterocycles. The number of hydrogen-bond donors (Lipinski definition) is 0. The van der Waals surface area contributed by atoms with Crippen molar-refractivity contribution in [2.24, 2.45) is 5.92 Å². The van der Waals surface area contributed by atoms with Gasteiger partial charge in [-0.3, -0.25) is 4.98 Å². The van der Waals surface area contributed by atoms with Gasteiger partial charge in [0, 0.05) is 61.3 Å². The van der Waals surface area contributed by atoms with Crippen molar-refractivity contribution in [3.05, 3.63) is 71.2 Å². The van der Waals surface area contributed by atoms with E-state index in [1.807, 2.05) is 13.1 Å². The molecular formula is C24H28F3N3. The number of nitrogens with zero attached hydrogens (tertiary/aromatic N) is 3. The molecule has 2 aromatic rings. The first-order valence-corrected chi connectivity index (χ1v) is 10.5. The second kappa shape index (κ2) is 7.97. The predicted molar refractivity (Wildman–Crippen MR) is 114 cm³/mol. The monoisotopic (exact) mass is 415 g/mol. The summed E-state index contributed by atoms with van der Waals surface area (Å²) in [5, 5.41) is 0. The first kappa shape index (κ1) is 20.8. The van der Waals surface area contributed by atoms with Crippen LogP contribution < -0.4 is 4.90 Å². The molecule has 1 aromatic heterocycles. The van der Waals surface area contributed by atoms with Gasteiger partial charge in [0.1, 0.15) is 0 Å². The fourth-order valence-electron chi connectivity index (χ4n) is 4.84. The molecule has 3 nitrogen and oxygen atoms in total. The Morgan fingerprint density at radius 2 is 1.87 bits per heavy atom. The molecule has 2 aliphatic rings. The average molecular weight is 416 g/mol. The van der Waals surface area contributed by atoms with Crippen LogP contribution in [-0.2, 0) is 6.18 Å². The Kier molecular flexibility index (Phi) is 5.51. The topological polar surface area (TPSA) is 19.4 Å². The van der Waals surface area contributed by atoms with Crippen molar-refractivity contribution in [3.8, 4) is 0 Å². The largest absolute Gasteiger partial charge is 0.416 e. The molecule has 0 saturated carbocycles. The Hall–Kier alpha value is -2.50. The van der Waals surface area contributed by atoms with Crippen LogP contribution in [-0.4, -0.2) is 36.1 Å². The van der Waals surface area contributed by atoms with Gasteiger partial charge < -0.3 is 9.80 Å². The summed E-state index contributed by atoms with van der Waals surface area (Å²) < 4.78 is 38.9. The molecule has 2 atom stereocenters. The molecule has 4 rings (SSSR count). The van der Waals surface area contributed by atoms with Crippen LogP contribution in [0.1, 0.15) is 41.1 Å². The lowest BCUT2D eigenvalue weighted by molar-refractivity contribution is -0.137. The summed E-state index contributed by atoms with van der Waals surface area (Å²) in [5.41, 5.74) is 4.57. The van der Waals surface area contributed by atoms with Crippen LogP contribution in [0.25, 0.3) is 0 Å². The Morgan fingerprint density at radius 3 is 2.57 bits per heavy atom. The highest BCUT2D eigenvalue weighted by Gasteiger charge is 2.34. The highest BCUT2D eigenvalue weighted by Crippen LogP contribution is 2.37. The Balaban J connectivity index is 1.39. The second-order valence-corrected chi connectivity index (χ2v) is 8.58. The second-order valence-electron chi connectivity index (χ2n) is 8.58. The van der Waals surface area contributed by atoms with Gasteiger partial charge in [0.15, 0.2) is 0 Å². The summed E-state index contributed by atoms with van der Waals surface area (Å²) in [6.07, 6.45) is -0.419. The summed E-state index contributed by atoms with van der Waals surface area (Å²) in [4.78, 5) is 9.00. The van der Waals surface area contributed by atoms with E-state index < -0.39 is 11.7 Å². The van der Waals surface area contributed by atoms with Gasteiger partial charge in [-0.25, -0.2) is 0 Å². The maximum Gasteiger partial charge on any atom is 0.416 e. The van der Waals surface area contributed by atoms with Gasteiger partial charge in [-0.2, -0.15) is 13.2 Å². The van der Waals surface area contributed by atoms with Crippen molar-refractivity contribution in [1.82, 2.24) is 9.88 Å². The molecule has 0 spiro atoms. The summed E-state index contributed by atoms with van der Waals surface area (Å²) in [5.74, 6) is 0.662. The van der Waals surface area contributed by atoms with Gasteiger partial charge in [-0.1, -0.05) is 12.6 Å². The van der Waals surface area contributed by atoms with Gasteiger partial charge in [-0.05, 0) is 62.1 Å². The third-order valence-corrected chi connectivity index (χ3v) is 6.54. The molecule has 0 bridgehead atoms. The number of aromatic nitrogens is 1. The Morgan fingerprint density at radius 1 is 1.07 bits per heavy atom. The summed E-state index contributed by atoms with van der Waals surface area (Å²) >= 11 is 0. The zero-order valence-corrected chi connectivity index (χ0v) is 17.5. The summed E-state index contributed by atoms with van der Waals surface area (Å²) in [7, 11) is 0. The highest BCUT2D eigenvalue weighted by atomic mass is 19.4. The maximum absolute atomic E-state index is 13.0. The van der Waals surface area contributed by atoms with Gasteiger partial charge in [0.2, 0.25) is 0 Å². The molecule has 2 unspecified atom stereocenters. The number of anilines is 1. The zero-order chi connectivity index (χ0) is 21.5. The maximum atomic E-state index is 13.0. The molecule has 2 saturated heterocycles. The molecule has 0 radical (unpaired) electrons. The van der Waals surface area contributed by atoms with Gasteiger partial charge >= 0.3 is 6.18 Å². The Labute approximate surface area is 176 Å². The number of pyridine rings is 1. The fraction of sp³-hybridized carbons (Fsp3) is 0.458. The number of likely N-dealkylation sites (tertiary alicyclic amines) is 1. The number of rotatable bonds is 4. The lowest BCUT2D eigenvalue weighted by atomic mass is 9.92. The third-order valence-electron chi connectivity index (χ3n) is 6.54. The molecule has 0 amide bonds. The van der Waals surface area contributed by atoms with E-state index in [4.69, 9.17) is 0 Å². The minimum absolute atomic E-state index is 0.254. The molecule has 30 heavy (non-hydrogen) atoms. The number of halogens is 3. The first-order valence-electron chi connectivity index (χ1n) is 10.5. The quantitative estimate of drug-likeness (QED) is 0.653. The fourth-order valence-corrected chi connectivity index (χ4v) is 4.84. The molecule has 6 heteroatoms. The molecule has 0 N–H and O–H groups in total.